The number of nitrogens with zero attached hydrogens (tertiary/aromatic N) is 10. The Bertz CT molecular complexity index is 1410. The van der Waals surface area contributed by atoms with Crippen molar-refractivity contribution in [2.24, 2.45) is 34.6 Å². The summed E-state index contributed by atoms with van der Waals surface area (Å²) in [6, 6.07) is 13.9. The fraction of sp³-hybridized carbons (Fsp3) is 0.407. The molecule has 0 aliphatic heterocycles. The van der Waals surface area contributed by atoms with Crippen molar-refractivity contribution in [2.75, 3.05) is 56.1 Å². The summed E-state index contributed by atoms with van der Waals surface area (Å²) in [6.45, 7) is 2.07. The van der Waals surface area contributed by atoms with Crippen LogP contribution in [0.1, 0.15) is 27.8 Å². The quantitative estimate of drug-likeness (QED) is 0.178. The van der Waals surface area contributed by atoms with E-state index in [2.05, 4.69) is 53.9 Å². The summed E-state index contributed by atoms with van der Waals surface area (Å²) in [5, 5.41) is 30.8. The molecule has 0 aliphatic rings. The van der Waals surface area contributed by atoms with Gasteiger partial charge in [0.05, 0.1) is 10.2 Å². The van der Waals surface area contributed by atoms with E-state index in [1.807, 2.05) is 83.6 Å². The van der Waals surface area contributed by atoms with Crippen molar-refractivity contribution in [3.63, 3.8) is 0 Å². The molecule has 0 fully saturated rings. The third kappa shape index (κ3) is 10.5. The van der Waals surface area contributed by atoms with E-state index in [4.69, 9.17) is 5.73 Å². The first-order valence-corrected chi connectivity index (χ1v) is 13.3. The van der Waals surface area contributed by atoms with Gasteiger partial charge in [-0.1, -0.05) is 32.5 Å². The fourth-order valence-electron chi connectivity index (χ4n) is 3.22. The minimum absolute atomic E-state index is 0. The third-order valence-electron chi connectivity index (χ3n) is 5.17. The highest BCUT2D eigenvalue weighted by atomic mass is 32.1. The molecular formula is C27H46N12S2+2. The van der Waals surface area contributed by atoms with E-state index in [-0.39, 0.29) is 22.3 Å². The second-order valence-corrected chi connectivity index (χ2v) is 10.5. The minimum atomic E-state index is 0. The van der Waals surface area contributed by atoms with Gasteiger partial charge in [0.2, 0.25) is 10.3 Å². The highest BCUT2D eigenvalue weighted by molar-refractivity contribution is 7.18. The van der Waals surface area contributed by atoms with Crippen LogP contribution in [0.3, 0.4) is 0 Å². The first-order valence-electron chi connectivity index (χ1n) is 11.6. The normalized spacial score (nSPS) is 10.2. The summed E-state index contributed by atoms with van der Waals surface area (Å²) < 4.78 is 3.32. The van der Waals surface area contributed by atoms with Gasteiger partial charge in [0, 0.05) is 46.6 Å². The molecule has 0 bridgehead atoms. The molecule has 2 aromatic heterocycles. The maximum absolute atomic E-state index is 5.58. The number of benzene rings is 2. The van der Waals surface area contributed by atoms with Crippen molar-refractivity contribution in [1.82, 2.24) is 10.2 Å². The van der Waals surface area contributed by atoms with Crippen LogP contribution in [-0.2, 0) is 14.1 Å². The Balaban J connectivity index is 0.000000730. The number of nitrogens with two attached hydrogens (primary N) is 1. The Hall–Kier alpha value is -4.04. The first-order chi connectivity index (χ1) is 18.1. The molecule has 0 radical (unpaired) electrons. The lowest BCUT2D eigenvalue weighted by molar-refractivity contribution is -0.712. The molecule has 224 valence electrons. The van der Waals surface area contributed by atoms with E-state index in [0.29, 0.717) is 10.3 Å². The standard InChI is InChI=1S/C13H19N6S.C11H15N6S.3CH4/c1-9-8-10(6-7-11(9)18(3)4)15-16-13-19(5)17-12(14-2)20-13;1-16(2)9-6-4-8(5-7-9)13-14-11-17(3)15-10(12)18-11;;;/h6-8H,1-5H3,(H,14,17);4-7H,1-3H3,(H2,12,15);3*1H4/q2*+1;;;. The zero-order valence-corrected chi connectivity index (χ0v) is 24.5. The van der Waals surface area contributed by atoms with Crippen molar-refractivity contribution in [2.45, 2.75) is 29.2 Å². The summed E-state index contributed by atoms with van der Waals surface area (Å²) in [4.78, 5) is 4.11. The number of azo groups is 2. The molecule has 4 aromatic rings. The minimum Gasteiger partial charge on any atom is -0.378 e. The molecule has 0 amide bonds. The van der Waals surface area contributed by atoms with Gasteiger partial charge < -0.3 is 20.9 Å². The number of nitrogen functional groups attached to an aromatic ring is 1. The summed E-state index contributed by atoms with van der Waals surface area (Å²) >= 11 is 2.77. The van der Waals surface area contributed by atoms with Gasteiger partial charge in [0.25, 0.3) is 0 Å². The maximum atomic E-state index is 5.58. The van der Waals surface area contributed by atoms with Crippen molar-refractivity contribution in [3.05, 3.63) is 48.0 Å². The number of hydrogen-bond acceptors (Lipinski definition) is 12. The average Bonchev–Trinajstić information content (AvgIpc) is 3.41. The Morgan fingerprint density at radius 2 is 1.29 bits per heavy atom. The van der Waals surface area contributed by atoms with E-state index in [9.17, 15) is 0 Å². The van der Waals surface area contributed by atoms with Crippen LogP contribution in [-0.4, -0.2) is 45.4 Å². The van der Waals surface area contributed by atoms with Crippen LogP contribution < -0.4 is 30.2 Å². The second kappa shape index (κ2) is 16.9. The van der Waals surface area contributed by atoms with Crippen LogP contribution >= 0.6 is 22.7 Å². The molecule has 0 aliphatic carbocycles. The highest BCUT2D eigenvalue weighted by Crippen LogP contribution is 2.27. The van der Waals surface area contributed by atoms with Crippen LogP contribution in [0, 0.1) is 6.92 Å². The van der Waals surface area contributed by atoms with E-state index in [1.54, 1.807) is 16.4 Å². The first kappa shape index (κ1) is 37.0. The molecule has 0 atom stereocenters. The van der Waals surface area contributed by atoms with Gasteiger partial charge in [0.1, 0.15) is 25.5 Å². The van der Waals surface area contributed by atoms with Crippen LogP contribution in [0.15, 0.2) is 62.9 Å². The Morgan fingerprint density at radius 3 is 1.76 bits per heavy atom. The fourth-order valence-corrected chi connectivity index (χ4v) is 4.51. The predicted molar refractivity (Wildman–Crippen MR) is 175 cm³/mol. The van der Waals surface area contributed by atoms with Crippen LogP contribution in [0.4, 0.5) is 43.3 Å². The topological polar surface area (TPSA) is 128 Å². The Morgan fingerprint density at radius 1 is 0.756 bits per heavy atom. The van der Waals surface area contributed by atoms with Crippen LogP contribution in [0.25, 0.3) is 0 Å². The van der Waals surface area contributed by atoms with Crippen molar-refractivity contribution >= 4 is 65.9 Å². The zero-order valence-electron chi connectivity index (χ0n) is 22.9. The molecule has 2 heterocycles. The summed E-state index contributed by atoms with van der Waals surface area (Å²) in [6.07, 6.45) is 0. The van der Waals surface area contributed by atoms with Crippen LogP contribution in [0.5, 0.6) is 0 Å². The molecule has 41 heavy (non-hydrogen) atoms. The molecule has 2 aromatic carbocycles. The van der Waals surface area contributed by atoms with E-state index in [1.165, 1.54) is 33.9 Å². The van der Waals surface area contributed by atoms with Crippen molar-refractivity contribution in [1.29, 1.82) is 0 Å². The molecular weight excluding hydrogens is 557 g/mol. The number of hydrogen-bond donors (Lipinski definition) is 2. The summed E-state index contributed by atoms with van der Waals surface area (Å²) in [7, 11) is 13.5. The lowest BCUT2D eigenvalue weighted by atomic mass is 10.1. The molecule has 0 saturated carbocycles. The molecule has 0 spiro atoms. The lowest BCUT2D eigenvalue weighted by Crippen LogP contribution is -2.29. The van der Waals surface area contributed by atoms with Crippen LogP contribution in [0.2, 0.25) is 0 Å². The predicted octanol–water partition coefficient (Wildman–Crippen LogP) is 6.74. The monoisotopic (exact) mass is 602 g/mol. The van der Waals surface area contributed by atoms with Gasteiger partial charge in [-0.2, -0.15) is 0 Å². The smallest absolute Gasteiger partial charge is 0.378 e. The third-order valence-corrected chi connectivity index (χ3v) is 7.00. The number of aromatic nitrogens is 4. The highest BCUT2D eigenvalue weighted by Gasteiger charge is 2.15. The molecule has 12 nitrogen and oxygen atoms in total. The summed E-state index contributed by atoms with van der Waals surface area (Å²) in [5.41, 5.74) is 10.7. The second-order valence-electron chi connectivity index (χ2n) is 8.59. The van der Waals surface area contributed by atoms with Gasteiger partial charge in [-0.05, 0) is 87.9 Å². The van der Waals surface area contributed by atoms with Gasteiger partial charge in [-0.15, -0.1) is 9.36 Å². The van der Waals surface area contributed by atoms with Gasteiger partial charge in [-0.3, -0.25) is 0 Å². The number of nitrogens with one attached hydrogen (secondary N) is 1. The van der Waals surface area contributed by atoms with Gasteiger partial charge in [0.15, 0.2) is 0 Å². The van der Waals surface area contributed by atoms with Gasteiger partial charge in [-0.25, -0.2) is 0 Å². The van der Waals surface area contributed by atoms with E-state index < -0.39 is 0 Å². The molecule has 3 N–H and O–H groups in total. The number of rotatable bonds is 7. The number of aryl methyl sites for hydroxylation is 3. The molecule has 14 heteroatoms. The number of anilines is 4. The Labute approximate surface area is 252 Å². The van der Waals surface area contributed by atoms with E-state index >= 15 is 0 Å². The Kier molecular flexibility index (Phi) is 15.3. The molecule has 0 saturated heterocycles. The largest absolute Gasteiger partial charge is 0.431 e. The van der Waals surface area contributed by atoms with E-state index in [0.717, 1.165) is 27.3 Å². The average molecular weight is 603 g/mol. The zero-order chi connectivity index (χ0) is 27.8. The van der Waals surface area contributed by atoms with Crippen molar-refractivity contribution in [3.8, 4) is 0 Å². The molecule has 4 rings (SSSR count). The maximum Gasteiger partial charge on any atom is 0.431 e. The van der Waals surface area contributed by atoms with Gasteiger partial charge >= 0.3 is 10.3 Å². The molecule has 0 unspecified atom stereocenters. The SMILES string of the molecule is C.C.C.CN(C)c1ccc(N=Nc2sc(N)n[n+]2C)cc1.CNc1n[n+](C)c(N=Nc2ccc(N(C)C)c(C)c2)s1. The summed E-state index contributed by atoms with van der Waals surface area (Å²) in [5.74, 6) is 0. The lowest BCUT2D eigenvalue weighted by Gasteiger charge is -2.14. The van der Waals surface area contributed by atoms with Crippen molar-refractivity contribution < 1.29 is 9.36 Å².